The number of aliphatic hydroxyl groups is 2. The predicted octanol–water partition coefficient (Wildman–Crippen LogP) is 2.10. The Bertz CT molecular complexity index is 606. The van der Waals surface area contributed by atoms with Gasteiger partial charge in [-0.2, -0.15) is 0 Å². The first-order chi connectivity index (χ1) is 9.83. The van der Waals surface area contributed by atoms with E-state index in [-0.39, 0.29) is 13.2 Å². The van der Waals surface area contributed by atoms with E-state index in [0.29, 0.717) is 6.61 Å². The third-order valence-electron chi connectivity index (χ3n) is 2.82. The van der Waals surface area contributed by atoms with E-state index in [1.807, 2.05) is 48.5 Å². The van der Waals surface area contributed by atoms with E-state index >= 15 is 0 Å². The molecule has 0 spiro atoms. The van der Waals surface area contributed by atoms with Crippen LogP contribution >= 0.6 is 0 Å². The lowest BCUT2D eigenvalue weighted by Crippen LogP contribution is -1.98. The van der Waals surface area contributed by atoms with Crippen LogP contribution in [-0.2, 0) is 13.2 Å². The van der Waals surface area contributed by atoms with Crippen LogP contribution in [0.15, 0.2) is 48.5 Å². The molecule has 0 amide bonds. The predicted molar refractivity (Wildman–Crippen MR) is 77.1 cm³/mol. The Labute approximate surface area is 118 Å². The zero-order chi connectivity index (χ0) is 14.2. The molecule has 0 aliphatic heterocycles. The molecule has 0 bridgehead atoms. The summed E-state index contributed by atoms with van der Waals surface area (Å²) in [7, 11) is 0. The Balaban J connectivity index is 2.06. The first kappa shape index (κ1) is 14.1. The molecule has 0 saturated carbocycles. The summed E-state index contributed by atoms with van der Waals surface area (Å²) in [6, 6.07) is 15.0. The molecule has 20 heavy (non-hydrogen) atoms. The van der Waals surface area contributed by atoms with Crippen molar-refractivity contribution in [3.05, 3.63) is 65.2 Å². The first-order valence-electron chi connectivity index (χ1n) is 6.33. The SMILES string of the molecule is OCC#Cc1ccccc1COc1ccc(CO)cc1. The molecule has 0 unspecified atom stereocenters. The van der Waals surface area contributed by atoms with Crippen LogP contribution in [0, 0.1) is 11.8 Å². The second-order valence-electron chi connectivity index (χ2n) is 4.21. The average Bonchev–Trinajstić information content (AvgIpc) is 2.52. The van der Waals surface area contributed by atoms with Gasteiger partial charge in [0.05, 0.1) is 6.61 Å². The molecule has 0 saturated heterocycles. The smallest absolute Gasteiger partial charge is 0.119 e. The maximum Gasteiger partial charge on any atom is 0.119 e. The highest BCUT2D eigenvalue weighted by molar-refractivity contribution is 5.41. The summed E-state index contributed by atoms with van der Waals surface area (Å²) in [5.41, 5.74) is 2.68. The number of benzene rings is 2. The molecule has 102 valence electrons. The molecule has 3 heteroatoms. The van der Waals surface area contributed by atoms with Gasteiger partial charge in [0, 0.05) is 11.1 Å². The third kappa shape index (κ3) is 3.86. The second kappa shape index (κ2) is 7.34. The van der Waals surface area contributed by atoms with Crippen molar-refractivity contribution in [1.29, 1.82) is 0 Å². The van der Waals surface area contributed by atoms with Crippen LogP contribution in [0.2, 0.25) is 0 Å². The highest BCUT2D eigenvalue weighted by atomic mass is 16.5. The number of rotatable bonds is 4. The van der Waals surface area contributed by atoms with E-state index in [2.05, 4.69) is 11.8 Å². The van der Waals surface area contributed by atoms with Crippen LogP contribution in [0.4, 0.5) is 0 Å². The van der Waals surface area contributed by atoms with Gasteiger partial charge < -0.3 is 14.9 Å². The van der Waals surface area contributed by atoms with Crippen molar-refractivity contribution >= 4 is 0 Å². The van der Waals surface area contributed by atoms with Crippen LogP contribution in [0.3, 0.4) is 0 Å². The van der Waals surface area contributed by atoms with E-state index in [9.17, 15) is 0 Å². The first-order valence-corrected chi connectivity index (χ1v) is 6.33. The quantitative estimate of drug-likeness (QED) is 0.835. The normalized spacial score (nSPS) is 9.70. The average molecular weight is 268 g/mol. The van der Waals surface area contributed by atoms with Crippen LogP contribution in [0.25, 0.3) is 0 Å². The Morgan fingerprint density at radius 3 is 2.40 bits per heavy atom. The summed E-state index contributed by atoms with van der Waals surface area (Å²) in [5.74, 6) is 6.29. The van der Waals surface area contributed by atoms with Gasteiger partial charge in [0.25, 0.3) is 0 Å². The summed E-state index contributed by atoms with van der Waals surface area (Å²) in [5, 5.41) is 17.7. The maximum absolute atomic E-state index is 8.98. The van der Waals surface area contributed by atoms with Gasteiger partial charge in [-0.3, -0.25) is 0 Å². The highest BCUT2D eigenvalue weighted by Gasteiger charge is 2.01. The Kier molecular flexibility index (Phi) is 5.19. The van der Waals surface area contributed by atoms with Crippen molar-refractivity contribution in [2.75, 3.05) is 6.61 Å². The van der Waals surface area contributed by atoms with Gasteiger partial charge in [-0.05, 0) is 23.8 Å². The van der Waals surface area contributed by atoms with E-state index in [0.717, 1.165) is 22.4 Å². The zero-order valence-corrected chi connectivity index (χ0v) is 11.0. The summed E-state index contributed by atoms with van der Waals surface area (Å²) >= 11 is 0. The molecule has 0 aromatic heterocycles. The van der Waals surface area contributed by atoms with Crippen LogP contribution in [0.1, 0.15) is 16.7 Å². The minimum atomic E-state index is -0.155. The van der Waals surface area contributed by atoms with Crippen molar-refractivity contribution in [2.45, 2.75) is 13.2 Å². The summed E-state index contributed by atoms with van der Waals surface area (Å²) in [6.45, 7) is 0.284. The number of ether oxygens (including phenoxy) is 1. The van der Waals surface area contributed by atoms with Gasteiger partial charge in [-0.1, -0.05) is 42.2 Å². The van der Waals surface area contributed by atoms with E-state index < -0.39 is 0 Å². The molecule has 0 aliphatic carbocycles. The Hall–Kier alpha value is -2.28. The second-order valence-corrected chi connectivity index (χ2v) is 4.21. The maximum atomic E-state index is 8.98. The Morgan fingerprint density at radius 2 is 1.70 bits per heavy atom. The fourth-order valence-electron chi connectivity index (χ4n) is 1.76. The molecule has 0 fully saturated rings. The molecule has 2 N–H and O–H groups in total. The lowest BCUT2D eigenvalue weighted by atomic mass is 10.1. The van der Waals surface area contributed by atoms with Gasteiger partial charge in [0.2, 0.25) is 0 Å². The standard InChI is InChI=1S/C17H16O3/c18-11-3-6-15-4-1-2-5-16(15)13-20-17-9-7-14(12-19)8-10-17/h1-2,4-5,7-10,18-19H,11-13H2. The van der Waals surface area contributed by atoms with Crippen molar-refractivity contribution in [1.82, 2.24) is 0 Å². The van der Waals surface area contributed by atoms with Gasteiger partial charge in [-0.15, -0.1) is 0 Å². The molecule has 0 radical (unpaired) electrons. The fourth-order valence-corrected chi connectivity index (χ4v) is 1.76. The summed E-state index contributed by atoms with van der Waals surface area (Å²) in [6.07, 6.45) is 0. The minimum Gasteiger partial charge on any atom is -0.489 e. The summed E-state index contributed by atoms with van der Waals surface area (Å²) < 4.78 is 5.70. The molecule has 2 aromatic carbocycles. The molecular weight excluding hydrogens is 252 g/mol. The van der Waals surface area contributed by atoms with Gasteiger partial charge in [0.1, 0.15) is 19.0 Å². The zero-order valence-electron chi connectivity index (χ0n) is 11.0. The number of hydrogen-bond donors (Lipinski definition) is 2. The van der Waals surface area contributed by atoms with E-state index in [4.69, 9.17) is 14.9 Å². The summed E-state index contributed by atoms with van der Waals surface area (Å²) in [4.78, 5) is 0. The Morgan fingerprint density at radius 1 is 0.950 bits per heavy atom. The molecule has 0 aliphatic rings. The molecular formula is C17H16O3. The molecule has 2 rings (SSSR count). The van der Waals surface area contributed by atoms with E-state index in [1.165, 1.54) is 0 Å². The van der Waals surface area contributed by atoms with Crippen LogP contribution in [0.5, 0.6) is 5.75 Å². The monoisotopic (exact) mass is 268 g/mol. The lowest BCUT2D eigenvalue weighted by molar-refractivity contribution is 0.280. The highest BCUT2D eigenvalue weighted by Crippen LogP contribution is 2.15. The number of hydrogen-bond acceptors (Lipinski definition) is 3. The third-order valence-corrected chi connectivity index (χ3v) is 2.82. The minimum absolute atomic E-state index is 0.0276. The van der Waals surface area contributed by atoms with Crippen LogP contribution in [-0.4, -0.2) is 16.8 Å². The molecule has 0 atom stereocenters. The molecule has 0 heterocycles. The fraction of sp³-hybridized carbons (Fsp3) is 0.176. The van der Waals surface area contributed by atoms with Gasteiger partial charge in [-0.25, -0.2) is 0 Å². The van der Waals surface area contributed by atoms with Crippen LogP contribution < -0.4 is 4.74 Å². The molecule has 3 nitrogen and oxygen atoms in total. The van der Waals surface area contributed by atoms with Crippen molar-refractivity contribution in [2.24, 2.45) is 0 Å². The van der Waals surface area contributed by atoms with Gasteiger partial charge in [0.15, 0.2) is 0 Å². The van der Waals surface area contributed by atoms with Crippen molar-refractivity contribution in [3.63, 3.8) is 0 Å². The topological polar surface area (TPSA) is 49.7 Å². The van der Waals surface area contributed by atoms with Crippen molar-refractivity contribution in [3.8, 4) is 17.6 Å². The molecule has 2 aromatic rings. The van der Waals surface area contributed by atoms with Crippen molar-refractivity contribution < 1.29 is 14.9 Å². The number of aliphatic hydroxyl groups excluding tert-OH is 2. The van der Waals surface area contributed by atoms with E-state index in [1.54, 1.807) is 0 Å². The largest absolute Gasteiger partial charge is 0.489 e. The lowest BCUT2D eigenvalue weighted by Gasteiger charge is -2.08. The van der Waals surface area contributed by atoms with Gasteiger partial charge >= 0.3 is 0 Å².